The molecule has 0 amide bonds. The number of hydrogen-bond acceptors (Lipinski definition) is 1. The number of aliphatic hydroxyl groups is 1. The van der Waals surface area contributed by atoms with Crippen molar-refractivity contribution >= 4 is 11.6 Å². The fraction of sp³-hybridized carbons (Fsp3) is 0.294. The summed E-state index contributed by atoms with van der Waals surface area (Å²) < 4.78 is 13.8. The Balaban J connectivity index is 1.88. The fourth-order valence-corrected chi connectivity index (χ4v) is 2.90. The lowest BCUT2D eigenvalue weighted by atomic mass is 9.80. The standard InChI is InChI=1S/C17H16ClFO/c18-14-5-2-6-15(19)16(14)17(20)13-9-7-12(8-10-13)11-3-1-4-11/h2,5-11,17,20H,1,3-4H2. The molecule has 1 saturated carbocycles. The molecule has 20 heavy (non-hydrogen) atoms. The van der Waals surface area contributed by atoms with Gasteiger partial charge in [-0.05, 0) is 42.0 Å². The molecule has 0 bridgehead atoms. The molecule has 1 unspecified atom stereocenters. The monoisotopic (exact) mass is 290 g/mol. The van der Waals surface area contributed by atoms with E-state index in [2.05, 4.69) is 0 Å². The first-order chi connectivity index (χ1) is 9.66. The minimum Gasteiger partial charge on any atom is -0.383 e. The summed E-state index contributed by atoms with van der Waals surface area (Å²) in [6, 6.07) is 12.2. The Bertz CT molecular complexity index is 585. The summed E-state index contributed by atoms with van der Waals surface area (Å²) in [5, 5.41) is 10.6. The smallest absolute Gasteiger partial charge is 0.130 e. The normalized spacial score (nSPS) is 16.8. The Labute approximate surface area is 123 Å². The highest BCUT2D eigenvalue weighted by Crippen LogP contribution is 2.37. The average molecular weight is 291 g/mol. The first-order valence-corrected chi connectivity index (χ1v) is 7.26. The van der Waals surface area contributed by atoms with Crippen LogP contribution in [0.25, 0.3) is 0 Å². The molecule has 2 aromatic rings. The van der Waals surface area contributed by atoms with Crippen LogP contribution in [0.2, 0.25) is 5.02 Å². The number of halogens is 2. The van der Waals surface area contributed by atoms with Crippen molar-refractivity contribution in [1.29, 1.82) is 0 Å². The van der Waals surface area contributed by atoms with E-state index in [0.717, 1.165) is 0 Å². The van der Waals surface area contributed by atoms with Gasteiger partial charge in [0.05, 0.1) is 0 Å². The van der Waals surface area contributed by atoms with Gasteiger partial charge in [0.2, 0.25) is 0 Å². The molecule has 0 aromatic heterocycles. The SMILES string of the molecule is OC(c1ccc(C2CCC2)cc1)c1c(F)cccc1Cl. The molecule has 3 rings (SSSR count). The lowest BCUT2D eigenvalue weighted by Gasteiger charge is -2.26. The maximum atomic E-state index is 13.8. The zero-order chi connectivity index (χ0) is 14.1. The van der Waals surface area contributed by atoms with E-state index in [-0.39, 0.29) is 10.6 Å². The maximum absolute atomic E-state index is 13.8. The molecule has 0 saturated heterocycles. The first-order valence-electron chi connectivity index (χ1n) is 6.88. The van der Waals surface area contributed by atoms with Crippen molar-refractivity contribution in [2.75, 3.05) is 0 Å². The molecular weight excluding hydrogens is 275 g/mol. The lowest BCUT2D eigenvalue weighted by molar-refractivity contribution is 0.215. The van der Waals surface area contributed by atoms with Crippen LogP contribution >= 0.6 is 11.6 Å². The topological polar surface area (TPSA) is 20.2 Å². The predicted octanol–water partition coefficient (Wildman–Crippen LogP) is 4.83. The van der Waals surface area contributed by atoms with Crippen LogP contribution in [0, 0.1) is 5.82 Å². The predicted molar refractivity (Wildman–Crippen MR) is 78.5 cm³/mol. The van der Waals surface area contributed by atoms with E-state index in [1.54, 1.807) is 6.07 Å². The lowest BCUT2D eigenvalue weighted by Crippen LogP contribution is -2.09. The van der Waals surface area contributed by atoms with Gasteiger partial charge in [0, 0.05) is 10.6 Å². The van der Waals surface area contributed by atoms with Gasteiger partial charge in [0.15, 0.2) is 0 Å². The van der Waals surface area contributed by atoms with E-state index >= 15 is 0 Å². The second kappa shape index (κ2) is 5.55. The molecule has 0 radical (unpaired) electrons. The van der Waals surface area contributed by atoms with Crippen molar-refractivity contribution in [3.63, 3.8) is 0 Å². The van der Waals surface area contributed by atoms with E-state index in [1.807, 2.05) is 24.3 Å². The summed E-state index contributed by atoms with van der Waals surface area (Å²) in [4.78, 5) is 0. The fourth-order valence-electron chi connectivity index (χ4n) is 2.63. The van der Waals surface area contributed by atoms with Crippen molar-refractivity contribution in [1.82, 2.24) is 0 Å². The molecule has 1 fully saturated rings. The third kappa shape index (κ3) is 2.46. The number of hydrogen-bond donors (Lipinski definition) is 1. The quantitative estimate of drug-likeness (QED) is 0.858. The van der Waals surface area contributed by atoms with Gasteiger partial charge in [-0.2, -0.15) is 0 Å². The Morgan fingerprint density at radius 2 is 1.80 bits per heavy atom. The second-order valence-corrected chi connectivity index (χ2v) is 5.74. The van der Waals surface area contributed by atoms with E-state index < -0.39 is 11.9 Å². The number of rotatable bonds is 3. The van der Waals surface area contributed by atoms with E-state index in [4.69, 9.17) is 11.6 Å². The molecule has 0 spiro atoms. The number of aliphatic hydroxyl groups excluding tert-OH is 1. The van der Waals surface area contributed by atoms with Gasteiger partial charge in [-0.15, -0.1) is 0 Å². The van der Waals surface area contributed by atoms with Gasteiger partial charge in [0.25, 0.3) is 0 Å². The summed E-state index contributed by atoms with van der Waals surface area (Å²) in [6.07, 6.45) is 2.74. The van der Waals surface area contributed by atoms with Gasteiger partial charge < -0.3 is 5.11 Å². The Hall–Kier alpha value is -1.38. The van der Waals surface area contributed by atoms with Crippen molar-refractivity contribution < 1.29 is 9.50 Å². The van der Waals surface area contributed by atoms with Crippen molar-refractivity contribution in [3.05, 3.63) is 70.0 Å². The highest BCUT2D eigenvalue weighted by Gasteiger charge is 2.21. The Morgan fingerprint density at radius 3 is 2.35 bits per heavy atom. The molecule has 1 aliphatic carbocycles. The summed E-state index contributed by atoms with van der Waals surface area (Å²) in [7, 11) is 0. The molecule has 1 aliphatic rings. The Morgan fingerprint density at radius 1 is 1.10 bits per heavy atom. The molecule has 1 N–H and O–H groups in total. The molecule has 0 aliphatic heterocycles. The summed E-state index contributed by atoms with van der Waals surface area (Å²) in [5.74, 6) is 0.173. The summed E-state index contributed by atoms with van der Waals surface area (Å²) >= 11 is 5.99. The van der Waals surface area contributed by atoms with Crippen LogP contribution in [-0.4, -0.2) is 5.11 Å². The highest BCUT2D eigenvalue weighted by atomic mass is 35.5. The molecule has 104 valence electrons. The highest BCUT2D eigenvalue weighted by molar-refractivity contribution is 6.31. The largest absolute Gasteiger partial charge is 0.383 e. The number of benzene rings is 2. The Kier molecular flexibility index (Phi) is 3.77. The van der Waals surface area contributed by atoms with Crippen LogP contribution in [0.4, 0.5) is 4.39 Å². The van der Waals surface area contributed by atoms with Crippen LogP contribution in [-0.2, 0) is 0 Å². The molecular formula is C17H16ClFO. The molecule has 1 atom stereocenters. The zero-order valence-corrected chi connectivity index (χ0v) is 11.8. The van der Waals surface area contributed by atoms with E-state index in [9.17, 15) is 9.50 Å². The maximum Gasteiger partial charge on any atom is 0.130 e. The van der Waals surface area contributed by atoms with Crippen LogP contribution < -0.4 is 0 Å². The summed E-state index contributed by atoms with van der Waals surface area (Å²) in [6.45, 7) is 0. The van der Waals surface area contributed by atoms with Gasteiger partial charge in [-0.1, -0.05) is 48.4 Å². The summed E-state index contributed by atoms with van der Waals surface area (Å²) in [5.41, 5.74) is 2.11. The van der Waals surface area contributed by atoms with Crippen LogP contribution in [0.3, 0.4) is 0 Å². The first kappa shape index (κ1) is 13.6. The third-order valence-electron chi connectivity index (χ3n) is 4.10. The second-order valence-electron chi connectivity index (χ2n) is 5.33. The molecule has 0 heterocycles. The molecule has 3 heteroatoms. The minimum absolute atomic E-state index is 0.144. The van der Waals surface area contributed by atoms with E-state index in [1.165, 1.54) is 37.0 Å². The van der Waals surface area contributed by atoms with Gasteiger partial charge >= 0.3 is 0 Å². The van der Waals surface area contributed by atoms with Gasteiger partial charge in [0.1, 0.15) is 11.9 Å². The molecule has 1 nitrogen and oxygen atoms in total. The molecule has 2 aromatic carbocycles. The van der Waals surface area contributed by atoms with Gasteiger partial charge in [-0.25, -0.2) is 4.39 Å². The van der Waals surface area contributed by atoms with Crippen LogP contribution in [0.1, 0.15) is 48.0 Å². The van der Waals surface area contributed by atoms with E-state index in [0.29, 0.717) is 11.5 Å². The minimum atomic E-state index is -1.03. The van der Waals surface area contributed by atoms with Gasteiger partial charge in [-0.3, -0.25) is 0 Å². The van der Waals surface area contributed by atoms with Crippen molar-refractivity contribution in [2.24, 2.45) is 0 Å². The van der Waals surface area contributed by atoms with Crippen molar-refractivity contribution in [2.45, 2.75) is 31.3 Å². The van der Waals surface area contributed by atoms with Crippen LogP contribution in [0.5, 0.6) is 0 Å². The third-order valence-corrected chi connectivity index (χ3v) is 4.43. The van der Waals surface area contributed by atoms with Crippen molar-refractivity contribution in [3.8, 4) is 0 Å². The zero-order valence-electron chi connectivity index (χ0n) is 11.0. The van der Waals surface area contributed by atoms with Crippen LogP contribution in [0.15, 0.2) is 42.5 Å². The average Bonchev–Trinajstić information content (AvgIpc) is 2.37.